The van der Waals surface area contributed by atoms with Gasteiger partial charge < -0.3 is 10.2 Å². The summed E-state index contributed by atoms with van der Waals surface area (Å²) in [5, 5.41) is 5.22. The maximum atomic E-state index is 13.2. The summed E-state index contributed by atoms with van der Waals surface area (Å²) >= 11 is 4.55. The highest BCUT2D eigenvalue weighted by atomic mass is 32.1. The van der Waals surface area contributed by atoms with Crippen molar-refractivity contribution in [2.45, 2.75) is 19.9 Å². The van der Waals surface area contributed by atoms with Crippen molar-refractivity contribution < 1.29 is 9.59 Å². The van der Waals surface area contributed by atoms with Crippen molar-refractivity contribution in [3.05, 3.63) is 64.0 Å². The smallest absolute Gasteiger partial charge is 0.285 e. The van der Waals surface area contributed by atoms with Crippen molar-refractivity contribution in [3.63, 3.8) is 0 Å². The molecule has 2 amide bonds. The lowest BCUT2D eigenvalue weighted by atomic mass is 10.0. The van der Waals surface area contributed by atoms with E-state index in [1.165, 1.54) is 28.2 Å². The number of anilines is 1. The number of aromatic nitrogens is 2. The lowest BCUT2D eigenvalue weighted by Gasteiger charge is -2.25. The van der Waals surface area contributed by atoms with Gasteiger partial charge in [-0.3, -0.25) is 9.59 Å². The maximum absolute atomic E-state index is 13.2. The Hall–Kier alpha value is -3.14. The largest absolute Gasteiger partial charge is 0.337 e. The van der Waals surface area contributed by atoms with Gasteiger partial charge in [-0.2, -0.15) is 0 Å². The molecule has 5 aromatic rings. The monoisotopic (exact) mass is 490 g/mol. The first kappa shape index (κ1) is 20.5. The number of benzene rings is 2. The first-order valence-electron chi connectivity index (χ1n) is 10.5. The number of rotatable bonds is 3. The summed E-state index contributed by atoms with van der Waals surface area (Å²) in [6, 6.07) is 15.8. The Morgan fingerprint density at radius 2 is 1.64 bits per heavy atom. The Morgan fingerprint density at radius 3 is 2.33 bits per heavy atom. The number of nitrogens with zero attached hydrogens (tertiary/aromatic N) is 3. The standard InChI is InChI=1S/C24H18N4O2S3/c1-13(29)28-11-10-14-19(12-28)33-23(20(14)22-25-15-6-2-4-8-17(15)31-22)27-21(30)24-26-16-7-3-5-9-18(16)32-24/h2-9H,10-12H2,1H3,(H,27,30). The van der Waals surface area contributed by atoms with Gasteiger partial charge in [0.2, 0.25) is 5.91 Å². The Bertz CT molecular complexity index is 1480. The second kappa shape index (κ2) is 8.02. The Labute approximate surface area is 201 Å². The molecular formula is C24H18N4O2S3. The molecule has 6 rings (SSSR count). The highest BCUT2D eigenvalue weighted by Gasteiger charge is 2.29. The van der Waals surface area contributed by atoms with Crippen molar-refractivity contribution >= 4 is 71.3 Å². The van der Waals surface area contributed by atoms with Gasteiger partial charge in [-0.05, 0) is 36.2 Å². The van der Waals surface area contributed by atoms with Gasteiger partial charge in [0.15, 0.2) is 5.01 Å². The van der Waals surface area contributed by atoms with Crippen LogP contribution >= 0.6 is 34.0 Å². The minimum absolute atomic E-state index is 0.0654. The fourth-order valence-electron chi connectivity index (χ4n) is 4.09. The molecule has 1 aliphatic rings. The van der Waals surface area contributed by atoms with Crippen LogP contribution in [-0.4, -0.2) is 33.2 Å². The Morgan fingerprint density at radius 1 is 0.939 bits per heavy atom. The summed E-state index contributed by atoms with van der Waals surface area (Å²) < 4.78 is 2.09. The summed E-state index contributed by atoms with van der Waals surface area (Å²) in [4.78, 5) is 37.5. The quantitative estimate of drug-likeness (QED) is 0.347. The van der Waals surface area contributed by atoms with Crippen LogP contribution in [0.1, 0.15) is 27.2 Å². The average Bonchev–Trinajstić information content (AvgIpc) is 3.52. The molecule has 33 heavy (non-hydrogen) atoms. The van der Waals surface area contributed by atoms with Gasteiger partial charge in [0, 0.05) is 23.9 Å². The van der Waals surface area contributed by atoms with Crippen LogP contribution in [0.15, 0.2) is 48.5 Å². The molecule has 0 saturated heterocycles. The molecular weight excluding hydrogens is 472 g/mol. The summed E-state index contributed by atoms with van der Waals surface area (Å²) in [7, 11) is 0. The van der Waals surface area contributed by atoms with Crippen LogP contribution < -0.4 is 5.32 Å². The highest BCUT2D eigenvalue weighted by molar-refractivity contribution is 7.23. The normalized spacial score (nSPS) is 13.4. The van der Waals surface area contributed by atoms with Gasteiger partial charge in [0.05, 0.1) is 27.0 Å². The molecule has 0 spiro atoms. The zero-order chi connectivity index (χ0) is 22.5. The highest BCUT2D eigenvalue weighted by Crippen LogP contribution is 2.46. The van der Waals surface area contributed by atoms with Crippen LogP contribution in [-0.2, 0) is 17.8 Å². The molecule has 164 valence electrons. The molecule has 1 N–H and O–H groups in total. The number of thiophene rings is 1. The lowest BCUT2D eigenvalue weighted by molar-refractivity contribution is -0.129. The number of hydrogen-bond acceptors (Lipinski definition) is 7. The molecule has 0 aliphatic carbocycles. The van der Waals surface area contributed by atoms with E-state index in [1.807, 2.05) is 47.4 Å². The molecule has 0 radical (unpaired) electrons. The molecule has 3 aromatic heterocycles. The number of carbonyl (C=O) groups excluding carboxylic acids is 2. The second-order valence-electron chi connectivity index (χ2n) is 7.83. The van der Waals surface area contributed by atoms with Crippen LogP contribution in [0.5, 0.6) is 0 Å². The first-order valence-corrected chi connectivity index (χ1v) is 12.9. The van der Waals surface area contributed by atoms with E-state index in [-0.39, 0.29) is 11.8 Å². The molecule has 6 nitrogen and oxygen atoms in total. The van der Waals surface area contributed by atoms with E-state index < -0.39 is 0 Å². The molecule has 0 fully saturated rings. The van der Waals surface area contributed by atoms with E-state index in [0.717, 1.165) is 47.3 Å². The zero-order valence-corrected chi connectivity index (χ0v) is 20.1. The number of thiazole rings is 2. The predicted octanol–water partition coefficient (Wildman–Crippen LogP) is 5.79. The summed E-state index contributed by atoms with van der Waals surface area (Å²) in [6.07, 6.45) is 0.744. The molecule has 2 aromatic carbocycles. The van der Waals surface area contributed by atoms with Crippen LogP contribution in [0.3, 0.4) is 0 Å². The van der Waals surface area contributed by atoms with Crippen molar-refractivity contribution in [1.29, 1.82) is 0 Å². The Balaban J connectivity index is 1.43. The minimum Gasteiger partial charge on any atom is -0.337 e. The van der Waals surface area contributed by atoms with Gasteiger partial charge in [0.25, 0.3) is 5.91 Å². The fraction of sp³-hybridized carbons (Fsp3) is 0.167. The van der Waals surface area contributed by atoms with E-state index in [1.54, 1.807) is 18.3 Å². The molecule has 9 heteroatoms. The average molecular weight is 491 g/mol. The van der Waals surface area contributed by atoms with E-state index in [0.29, 0.717) is 18.1 Å². The lowest BCUT2D eigenvalue weighted by Crippen LogP contribution is -2.33. The molecule has 1 aliphatic heterocycles. The minimum atomic E-state index is -0.222. The number of nitrogens with one attached hydrogen (secondary N) is 1. The van der Waals surface area contributed by atoms with Crippen molar-refractivity contribution in [3.8, 4) is 10.6 Å². The van der Waals surface area contributed by atoms with Crippen molar-refractivity contribution in [1.82, 2.24) is 14.9 Å². The van der Waals surface area contributed by atoms with Crippen molar-refractivity contribution in [2.24, 2.45) is 0 Å². The molecule has 0 unspecified atom stereocenters. The van der Waals surface area contributed by atoms with E-state index in [9.17, 15) is 9.59 Å². The summed E-state index contributed by atoms with van der Waals surface area (Å²) in [5.74, 6) is -0.156. The van der Waals surface area contributed by atoms with Crippen molar-refractivity contribution in [2.75, 3.05) is 11.9 Å². The number of hydrogen-bond donors (Lipinski definition) is 1. The fourth-order valence-corrected chi connectivity index (χ4v) is 7.32. The van der Waals surface area contributed by atoms with Crippen LogP contribution in [0, 0.1) is 0 Å². The molecule has 0 saturated carbocycles. The number of para-hydroxylation sites is 2. The van der Waals surface area contributed by atoms with Crippen LogP contribution in [0.25, 0.3) is 31.0 Å². The number of fused-ring (bicyclic) bond motifs is 3. The zero-order valence-electron chi connectivity index (χ0n) is 17.6. The first-order chi connectivity index (χ1) is 16.1. The Kier molecular flexibility index (Phi) is 4.97. The summed E-state index contributed by atoms with van der Waals surface area (Å²) in [5.41, 5.74) is 3.92. The predicted molar refractivity (Wildman–Crippen MR) is 135 cm³/mol. The number of carbonyl (C=O) groups is 2. The molecule has 0 bridgehead atoms. The van der Waals surface area contributed by atoms with Gasteiger partial charge >= 0.3 is 0 Å². The van der Waals surface area contributed by atoms with Crippen LogP contribution in [0.2, 0.25) is 0 Å². The van der Waals surface area contributed by atoms with Gasteiger partial charge in [-0.1, -0.05) is 24.3 Å². The van der Waals surface area contributed by atoms with E-state index >= 15 is 0 Å². The SMILES string of the molecule is CC(=O)N1CCc2c(sc(NC(=O)c3nc4ccccc4s3)c2-c2nc3ccccc3s2)C1. The third kappa shape index (κ3) is 3.62. The third-order valence-electron chi connectivity index (χ3n) is 5.73. The maximum Gasteiger partial charge on any atom is 0.285 e. The van der Waals surface area contributed by atoms with E-state index in [2.05, 4.69) is 16.4 Å². The topological polar surface area (TPSA) is 75.2 Å². The second-order valence-corrected chi connectivity index (χ2v) is 11.0. The van der Waals surface area contributed by atoms with Gasteiger partial charge in [-0.25, -0.2) is 9.97 Å². The number of amides is 2. The van der Waals surface area contributed by atoms with E-state index in [4.69, 9.17) is 4.98 Å². The van der Waals surface area contributed by atoms with Gasteiger partial charge in [-0.15, -0.1) is 34.0 Å². The molecule has 0 atom stereocenters. The third-order valence-corrected chi connectivity index (χ3v) is 8.95. The van der Waals surface area contributed by atoms with Gasteiger partial charge in [0.1, 0.15) is 10.0 Å². The molecule has 4 heterocycles. The summed E-state index contributed by atoms with van der Waals surface area (Å²) in [6.45, 7) is 2.83. The van der Waals surface area contributed by atoms with Crippen LogP contribution in [0.4, 0.5) is 5.00 Å².